The molecule has 3 aromatic rings. The van der Waals surface area contributed by atoms with E-state index in [2.05, 4.69) is 34.5 Å². The molecule has 1 aromatic heterocycles. The van der Waals surface area contributed by atoms with Crippen molar-refractivity contribution in [3.05, 3.63) is 65.5 Å². The highest BCUT2D eigenvalue weighted by Crippen LogP contribution is 2.35. The number of benzene rings is 2. The molecule has 144 valence electrons. The van der Waals surface area contributed by atoms with Crippen LogP contribution in [0.4, 0.5) is 5.95 Å². The number of carbonyl (C=O) groups is 1. The summed E-state index contributed by atoms with van der Waals surface area (Å²) in [5.41, 5.74) is 3.22. The minimum Gasteiger partial charge on any atom is -0.490 e. The monoisotopic (exact) mass is 378 g/mol. The Morgan fingerprint density at radius 3 is 2.89 bits per heavy atom. The van der Waals surface area contributed by atoms with E-state index in [0.29, 0.717) is 37.1 Å². The predicted molar refractivity (Wildman–Crippen MR) is 105 cm³/mol. The summed E-state index contributed by atoms with van der Waals surface area (Å²) < 4.78 is 13.5. The Bertz CT molecular complexity index is 999. The number of ether oxygens (including phenoxy) is 2. The van der Waals surface area contributed by atoms with Gasteiger partial charge in [-0.05, 0) is 37.1 Å². The summed E-state index contributed by atoms with van der Waals surface area (Å²) in [4.78, 5) is 16.1. The molecule has 0 saturated carbocycles. The van der Waals surface area contributed by atoms with Crippen molar-refractivity contribution in [2.45, 2.75) is 32.9 Å². The zero-order valence-electron chi connectivity index (χ0n) is 15.9. The fourth-order valence-electron chi connectivity index (χ4n) is 3.35. The van der Waals surface area contributed by atoms with Crippen LogP contribution in [-0.2, 0) is 11.4 Å². The second-order valence-corrected chi connectivity index (χ2v) is 6.71. The van der Waals surface area contributed by atoms with Gasteiger partial charge < -0.3 is 9.47 Å². The summed E-state index contributed by atoms with van der Waals surface area (Å²) >= 11 is 0. The zero-order chi connectivity index (χ0) is 19.5. The summed E-state index contributed by atoms with van der Waals surface area (Å²) in [6.07, 6.45) is 1.74. The van der Waals surface area contributed by atoms with Crippen LogP contribution in [0.2, 0.25) is 0 Å². The highest BCUT2D eigenvalue weighted by Gasteiger charge is 2.28. The number of rotatable bonds is 6. The van der Waals surface area contributed by atoms with Crippen LogP contribution in [0.15, 0.2) is 48.8 Å². The topological polar surface area (TPSA) is 78.3 Å². The van der Waals surface area contributed by atoms with E-state index in [1.54, 1.807) is 4.68 Å². The number of fused-ring (bicyclic) bond motifs is 1. The van der Waals surface area contributed by atoms with Crippen LogP contribution in [0.3, 0.4) is 0 Å². The van der Waals surface area contributed by atoms with Gasteiger partial charge in [0.05, 0.1) is 19.1 Å². The number of hydrogen-bond acceptors (Lipinski definition) is 5. The van der Waals surface area contributed by atoms with Gasteiger partial charge in [-0.2, -0.15) is 10.1 Å². The Labute approximate surface area is 163 Å². The van der Waals surface area contributed by atoms with E-state index >= 15 is 0 Å². The van der Waals surface area contributed by atoms with Crippen molar-refractivity contribution in [3.8, 4) is 11.5 Å². The molecule has 0 spiro atoms. The maximum atomic E-state index is 12.0. The number of nitrogens with one attached hydrogen (secondary N) is 1. The first-order chi connectivity index (χ1) is 13.6. The van der Waals surface area contributed by atoms with Gasteiger partial charge in [-0.1, -0.05) is 35.9 Å². The van der Waals surface area contributed by atoms with Crippen LogP contribution in [0.1, 0.15) is 36.1 Å². The van der Waals surface area contributed by atoms with Crippen LogP contribution in [0.5, 0.6) is 11.5 Å². The van der Waals surface area contributed by atoms with Crippen LogP contribution >= 0.6 is 0 Å². The lowest BCUT2D eigenvalue weighted by molar-refractivity contribution is -0.117. The molecule has 28 heavy (non-hydrogen) atoms. The maximum absolute atomic E-state index is 12.0. The molecule has 0 bridgehead atoms. The Morgan fingerprint density at radius 2 is 2.07 bits per heavy atom. The molecule has 1 aliphatic heterocycles. The van der Waals surface area contributed by atoms with E-state index in [1.807, 2.05) is 37.3 Å². The lowest BCUT2D eigenvalue weighted by Crippen LogP contribution is -2.29. The SMILES string of the molecule is CCOc1cc([C@H]2CC(=O)Nc3ncnn32)ccc1OCc1cccc(C)c1. The average Bonchev–Trinajstić information content (AvgIpc) is 3.15. The first kappa shape index (κ1) is 18.0. The van der Waals surface area contributed by atoms with Crippen molar-refractivity contribution in [3.63, 3.8) is 0 Å². The van der Waals surface area contributed by atoms with Crippen LogP contribution in [0.25, 0.3) is 0 Å². The predicted octanol–water partition coefficient (Wildman–Crippen LogP) is 3.50. The van der Waals surface area contributed by atoms with E-state index in [4.69, 9.17) is 9.47 Å². The summed E-state index contributed by atoms with van der Waals surface area (Å²) in [6.45, 7) is 4.97. The lowest BCUT2D eigenvalue weighted by atomic mass is 10.0. The van der Waals surface area contributed by atoms with Crippen LogP contribution in [0, 0.1) is 6.92 Å². The Kier molecular flexibility index (Phi) is 4.97. The highest BCUT2D eigenvalue weighted by molar-refractivity contribution is 5.91. The Balaban J connectivity index is 1.60. The van der Waals surface area contributed by atoms with Crippen molar-refractivity contribution in [1.82, 2.24) is 14.8 Å². The molecule has 0 saturated heterocycles. The van der Waals surface area contributed by atoms with E-state index in [0.717, 1.165) is 11.1 Å². The minimum absolute atomic E-state index is 0.0803. The van der Waals surface area contributed by atoms with Gasteiger partial charge >= 0.3 is 0 Å². The van der Waals surface area contributed by atoms with E-state index in [9.17, 15) is 4.79 Å². The number of aryl methyl sites for hydroxylation is 1. The van der Waals surface area contributed by atoms with Crippen molar-refractivity contribution in [2.24, 2.45) is 0 Å². The van der Waals surface area contributed by atoms with Gasteiger partial charge in [0.15, 0.2) is 11.5 Å². The number of hydrogen-bond donors (Lipinski definition) is 1. The van der Waals surface area contributed by atoms with E-state index in [1.165, 1.54) is 11.9 Å². The molecule has 2 heterocycles. The summed E-state index contributed by atoms with van der Waals surface area (Å²) in [5.74, 6) is 1.70. The normalized spacial score (nSPS) is 15.6. The third-order valence-corrected chi connectivity index (χ3v) is 4.63. The quantitative estimate of drug-likeness (QED) is 0.710. The minimum atomic E-state index is -0.226. The third kappa shape index (κ3) is 3.69. The summed E-state index contributed by atoms with van der Waals surface area (Å²) in [5, 5.41) is 6.98. The largest absolute Gasteiger partial charge is 0.490 e. The van der Waals surface area contributed by atoms with Gasteiger partial charge in [-0.15, -0.1) is 0 Å². The second kappa shape index (κ2) is 7.72. The molecule has 7 nitrogen and oxygen atoms in total. The molecule has 0 radical (unpaired) electrons. The smallest absolute Gasteiger partial charge is 0.229 e. The standard InChI is InChI=1S/C21H22N4O3/c1-3-27-19-10-16(17-11-20(26)24-21-22-13-23-25(17)21)7-8-18(19)28-12-15-6-4-5-14(2)9-15/h4-10,13,17H,3,11-12H2,1-2H3,(H,22,23,24,26)/t17-/m1/s1. The summed E-state index contributed by atoms with van der Waals surface area (Å²) in [7, 11) is 0. The fourth-order valence-corrected chi connectivity index (χ4v) is 3.35. The van der Waals surface area contributed by atoms with Gasteiger partial charge in [-0.3, -0.25) is 10.1 Å². The highest BCUT2D eigenvalue weighted by atomic mass is 16.5. The van der Waals surface area contributed by atoms with Crippen molar-refractivity contribution < 1.29 is 14.3 Å². The second-order valence-electron chi connectivity index (χ2n) is 6.71. The number of nitrogens with zero attached hydrogens (tertiary/aromatic N) is 3. The van der Waals surface area contributed by atoms with Gasteiger partial charge in [0, 0.05) is 0 Å². The number of carbonyl (C=O) groups excluding carboxylic acids is 1. The molecule has 1 N–H and O–H groups in total. The summed E-state index contributed by atoms with van der Waals surface area (Å²) in [6, 6.07) is 13.7. The lowest BCUT2D eigenvalue weighted by Gasteiger charge is -2.24. The zero-order valence-corrected chi connectivity index (χ0v) is 15.9. The first-order valence-electron chi connectivity index (χ1n) is 9.28. The molecule has 2 aromatic carbocycles. The molecule has 1 amide bonds. The Hall–Kier alpha value is -3.35. The van der Waals surface area contributed by atoms with E-state index in [-0.39, 0.29) is 11.9 Å². The third-order valence-electron chi connectivity index (χ3n) is 4.63. The van der Waals surface area contributed by atoms with Crippen molar-refractivity contribution >= 4 is 11.9 Å². The fraction of sp³-hybridized carbons (Fsp3) is 0.286. The number of aromatic nitrogens is 3. The van der Waals surface area contributed by atoms with Crippen LogP contribution in [-0.4, -0.2) is 27.3 Å². The number of amides is 1. The van der Waals surface area contributed by atoms with Gasteiger partial charge in [-0.25, -0.2) is 4.68 Å². The van der Waals surface area contributed by atoms with Gasteiger partial charge in [0.1, 0.15) is 12.9 Å². The van der Waals surface area contributed by atoms with Gasteiger partial charge in [0.2, 0.25) is 11.9 Å². The molecule has 1 aliphatic rings. The molecule has 0 unspecified atom stereocenters. The number of anilines is 1. The molecule has 0 fully saturated rings. The maximum Gasteiger partial charge on any atom is 0.229 e. The molecule has 4 rings (SSSR count). The van der Waals surface area contributed by atoms with Gasteiger partial charge in [0.25, 0.3) is 0 Å². The Morgan fingerprint density at radius 1 is 1.18 bits per heavy atom. The molecule has 1 atom stereocenters. The molecular formula is C21H22N4O3. The van der Waals surface area contributed by atoms with E-state index < -0.39 is 0 Å². The van der Waals surface area contributed by atoms with Crippen LogP contribution < -0.4 is 14.8 Å². The molecule has 7 heteroatoms. The van der Waals surface area contributed by atoms with Crippen molar-refractivity contribution in [2.75, 3.05) is 11.9 Å². The first-order valence-corrected chi connectivity index (χ1v) is 9.28. The molecule has 0 aliphatic carbocycles. The molecular weight excluding hydrogens is 356 g/mol. The van der Waals surface area contributed by atoms with Crippen molar-refractivity contribution in [1.29, 1.82) is 0 Å². The average molecular weight is 378 g/mol.